The molecule has 130 valence electrons. The van der Waals surface area contributed by atoms with Crippen LogP contribution in [0.2, 0.25) is 0 Å². The summed E-state index contributed by atoms with van der Waals surface area (Å²) < 4.78 is 18.5. The van der Waals surface area contributed by atoms with E-state index in [2.05, 4.69) is 36.0 Å². The van der Waals surface area contributed by atoms with Crippen molar-refractivity contribution in [2.24, 2.45) is 4.76 Å². The lowest BCUT2D eigenvalue weighted by Crippen LogP contribution is -2.15. The van der Waals surface area contributed by atoms with Gasteiger partial charge in [-0.3, -0.25) is 4.57 Å². The molecule has 0 N–H and O–H groups in total. The Morgan fingerprint density at radius 1 is 0.808 bits per heavy atom. The molecule has 0 aliphatic rings. The highest BCUT2D eigenvalue weighted by atomic mass is 31.2. The average molecular weight is 359 g/mol. The zero-order chi connectivity index (χ0) is 18.4. The van der Waals surface area contributed by atoms with Crippen LogP contribution in [-0.4, -0.2) is 5.71 Å². The van der Waals surface area contributed by atoms with E-state index in [1.165, 1.54) is 5.56 Å². The van der Waals surface area contributed by atoms with E-state index in [9.17, 15) is 4.57 Å². The normalized spacial score (nSPS) is 12.5. The van der Waals surface area contributed by atoms with Crippen LogP contribution >= 0.6 is 7.29 Å². The fourth-order valence-corrected chi connectivity index (χ4v) is 4.87. The molecule has 3 aromatic rings. The third kappa shape index (κ3) is 4.28. The van der Waals surface area contributed by atoms with Gasteiger partial charge in [-0.25, -0.2) is 4.76 Å². The van der Waals surface area contributed by atoms with Crippen LogP contribution in [0.25, 0.3) is 6.08 Å². The number of hydrogen-bond acceptors (Lipinski definition) is 1. The van der Waals surface area contributed by atoms with Crippen LogP contribution in [0.4, 0.5) is 0 Å². The number of allylic oxidation sites excluding steroid dienone is 1. The van der Waals surface area contributed by atoms with E-state index in [0.29, 0.717) is 0 Å². The lowest BCUT2D eigenvalue weighted by atomic mass is 10.1. The molecule has 0 radical (unpaired) electrons. The van der Waals surface area contributed by atoms with Crippen molar-refractivity contribution in [3.05, 3.63) is 102 Å². The first-order valence-corrected chi connectivity index (χ1v) is 10.3. The van der Waals surface area contributed by atoms with E-state index >= 15 is 0 Å². The van der Waals surface area contributed by atoms with Crippen LogP contribution in [0.3, 0.4) is 0 Å². The highest BCUT2D eigenvalue weighted by Crippen LogP contribution is 2.45. The first-order valence-electron chi connectivity index (χ1n) is 8.61. The Morgan fingerprint density at radius 3 is 1.81 bits per heavy atom. The van der Waals surface area contributed by atoms with Gasteiger partial charge in [-0.1, -0.05) is 72.3 Å². The maximum Gasteiger partial charge on any atom is 0.247 e. The van der Waals surface area contributed by atoms with E-state index in [-0.39, 0.29) is 0 Å². The third-order valence-corrected chi connectivity index (χ3v) is 6.70. The summed E-state index contributed by atoms with van der Waals surface area (Å²) in [6.07, 6.45) is 3.92. The third-order valence-electron chi connectivity index (χ3n) is 4.11. The predicted octanol–water partition coefficient (Wildman–Crippen LogP) is 5.40. The fraction of sp³-hybridized carbons (Fsp3) is 0.0870. The molecule has 26 heavy (non-hydrogen) atoms. The minimum Gasteiger partial charge on any atom is -0.288 e. The SMILES string of the molecule is CC(/C=C/c1ccc(C)cc1)=N\P(=O)(c1ccccc1)c1ccccc1. The largest absolute Gasteiger partial charge is 0.288 e. The number of hydrogen-bond donors (Lipinski definition) is 0. The maximum absolute atomic E-state index is 13.9. The second-order valence-electron chi connectivity index (χ2n) is 6.23. The Hall–Kier alpha value is -2.70. The van der Waals surface area contributed by atoms with Crippen LogP contribution < -0.4 is 10.6 Å². The van der Waals surface area contributed by atoms with E-state index in [1.54, 1.807) is 0 Å². The van der Waals surface area contributed by atoms with Gasteiger partial charge in [0.15, 0.2) is 0 Å². The second kappa shape index (κ2) is 8.12. The van der Waals surface area contributed by atoms with Crippen molar-refractivity contribution in [1.82, 2.24) is 0 Å². The molecular weight excluding hydrogens is 337 g/mol. The second-order valence-corrected chi connectivity index (χ2v) is 8.62. The molecule has 0 aliphatic carbocycles. The molecule has 0 aliphatic heterocycles. The molecule has 3 heteroatoms. The molecule has 0 unspecified atom stereocenters. The number of nitrogens with zero attached hydrogens (tertiary/aromatic N) is 1. The van der Waals surface area contributed by atoms with Crippen molar-refractivity contribution < 1.29 is 4.57 Å². The Labute approximate surface area is 155 Å². The summed E-state index contributed by atoms with van der Waals surface area (Å²) in [6, 6.07) is 27.3. The van der Waals surface area contributed by atoms with Crippen molar-refractivity contribution >= 4 is 29.7 Å². The van der Waals surface area contributed by atoms with Gasteiger partial charge in [0.05, 0.1) is 0 Å². The molecule has 0 aromatic heterocycles. The zero-order valence-corrected chi connectivity index (χ0v) is 15.9. The number of benzene rings is 3. The molecule has 0 spiro atoms. The van der Waals surface area contributed by atoms with Gasteiger partial charge in [-0.2, -0.15) is 0 Å². The lowest BCUT2D eigenvalue weighted by molar-refractivity contribution is 0.588. The van der Waals surface area contributed by atoms with Gasteiger partial charge >= 0.3 is 0 Å². The summed E-state index contributed by atoms with van der Waals surface area (Å²) in [5.74, 6) is 0. The zero-order valence-electron chi connectivity index (χ0n) is 15.0. The predicted molar refractivity (Wildman–Crippen MR) is 113 cm³/mol. The summed E-state index contributed by atoms with van der Waals surface area (Å²) in [5.41, 5.74) is 3.06. The van der Waals surface area contributed by atoms with Gasteiger partial charge in [0.25, 0.3) is 0 Å². The molecule has 0 heterocycles. The molecule has 3 aromatic carbocycles. The molecule has 0 saturated heterocycles. The summed E-state index contributed by atoms with van der Waals surface area (Å²) in [7, 11) is -3.07. The molecule has 0 amide bonds. The van der Waals surface area contributed by atoms with Crippen molar-refractivity contribution in [2.75, 3.05) is 0 Å². The molecule has 2 nitrogen and oxygen atoms in total. The van der Waals surface area contributed by atoms with Gasteiger partial charge < -0.3 is 0 Å². The summed E-state index contributed by atoms with van der Waals surface area (Å²) in [5, 5.41) is 1.49. The highest BCUT2D eigenvalue weighted by Gasteiger charge is 2.26. The first-order chi connectivity index (χ1) is 12.6. The van der Waals surface area contributed by atoms with Crippen molar-refractivity contribution in [3.63, 3.8) is 0 Å². The van der Waals surface area contributed by atoms with Crippen molar-refractivity contribution in [2.45, 2.75) is 13.8 Å². The Balaban J connectivity index is 1.99. The number of aryl methyl sites for hydroxylation is 1. The van der Waals surface area contributed by atoms with E-state index in [0.717, 1.165) is 21.9 Å². The monoisotopic (exact) mass is 359 g/mol. The molecular formula is C23H22NOP. The van der Waals surface area contributed by atoms with Crippen LogP contribution in [0, 0.1) is 6.92 Å². The smallest absolute Gasteiger partial charge is 0.247 e. The maximum atomic E-state index is 13.9. The highest BCUT2D eigenvalue weighted by molar-refractivity contribution is 7.77. The van der Waals surface area contributed by atoms with Gasteiger partial charge in [-0.15, -0.1) is 0 Å². The molecule has 0 bridgehead atoms. The molecule has 0 atom stereocenters. The quantitative estimate of drug-likeness (QED) is 0.443. The minimum atomic E-state index is -3.07. The number of rotatable bonds is 5. The fourth-order valence-electron chi connectivity index (χ4n) is 2.67. The van der Waals surface area contributed by atoms with E-state index < -0.39 is 7.29 Å². The Bertz CT molecular complexity index is 915. The van der Waals surface area contributed by atoms with Crippen LogP contribution in [0.1, 0.15) is 18.1 Å². The first kappa shape index (κ1) is 18.1. The van der Waals surface area contributed by atoms with Crippen LogP contribution in [-0.2, 0) is 4.57 Å². The van der Waals surface area contributed by atoms with Crippen molar-refractivity contribution in [3.8, 4) is 0 Å². The van der Waals surface area contributed by atoms with Crippen LogP contribution in [0.5, 0.6) is 0 Å². The van der Waals surface area contributed by atoms with E-state index in [1.807, 2.05) is 79.7 Å². The molecule has 0 fully saturated rings. The lowest BCUT2D eigenvalue weighted by Gasteiger charge is -2.15. The standard InChI is InChI=1S/C23H22NOP/c1-19-13-16-21(17-14-19)18-15-20(2)24-26(25,22-9-5-3-6-10-22)23-11-7-4-8-12-23/h3-18H,1-2H3/b18-15+,24-20+. The van der Waals surface area contributed by atoms with Crippen molar-refractivity contribution in [1.29, 1.82) is 0 Å². The minimum absolute atomic E-state index is 0.738. The Morgan fingerprint density at radius 2 is 1.31 bits per heavy atom. The topological polar surface area (TPSA) is 29.4 Å². The van der Waals surface area contributed by atoms with E-state index in [4.69, 9.17) is 0 Å². The molecule has 3 rings (SSSR count). The summed E-state index contributed by atoms with van der Waals surface area (Å²) in [6.45, 7) is 3.96. The summed E-state index contributed by atoms with van der Waals surface area (Å²) in [4.78, 5) is 0. The van der Waals surface area contributed by atoms with Gasteiger partial charge in [0, 0.05) is 16.3 Å². The van der Waals surface area contributed by atoms with Crippen LogP contribution in [0.15, 0.2) is 95.8 Å². The molecule has 0 saturated carbocycles. The summed E-state index contributed by atoms with van der Waals surface area (Å²) >= 11 is 0. The van der Waals surface area contributed by atoms with Gasteiger partial charge in [-0.05, 0) is 49.8 Å². The Kier molecular flexibility index (Phi) is 5.65. The van der Waals surface area contributed by atoms with Gasteiger partial charge in [0.2, 0.25) is 7.29 Å². The van der Waals surface area contributed by atoms with Gasteiger partial charge in [0.1, 0.15) is 0 Å². The average Bonchev–Trinajstić information content (AvgIpc) is 2.69.